The third-order valence-corrected chi connectivity index (χ3v) is 2.79. The summed E-state index contributed by atoms with van der Waals surface area (Å²) in [5, 5.41) is 22.4. The summed E-state index contributed by atoms with van der Waals surface area (Å²) >= 11 is 0. The molecule has 0 bridgehead atoms. The summed E-state index contributed by atoms with van der Waals surface area (Å²) in [7, 11) is 0. The van der Waals surface area contributed by atoms with E-state index in [1.165, 1.54) is 0 Å². The van der Waals surface area contributed by atoms with Gasteiger partial charge >= 0.3 is 5.97 Å². The Kier molecular flexibility index (Phi) is 4.80. The van der Waals surface area contributed by atoms with Gasteiger partial charge in [0.1, 0.15) is 11.5 Å². The van der Waals surface area contributed by atoms with Crippen molar-refractivity contribution in [3.05, 3.63) is 34.1 Å². The number of nitrogens with one attached hydrogen (secondary N) is 1. The number of nitro groups is 1. The van der Waals surface area contributed by atoms with Crippen LogP contribution < -0.4 is 5.32 Å². The minimum atomic E-state index is -0.999. The Labute approximate surface area is 109 Å². The summed E-state index contributed by atoms with van der Waals surface area (Å²) in [5.74, 6) is -2.47. The first-order chi connectivity index (χ1) is 8.82. The largest absolute Gasteiger partial charge is 0.481 e. The molecule has 7 heteroatoms. The molecule has 1 aromatic rings. The van der Waals surface area contributed by atoms with Crippen molar-refractivity contribution in [3.63, 3.8) is 0 Å². The highest BCUT2D eigenvalue weighted by molar-refractivity contribution is 5.71. The average molecular weight is 270 g/mol. The topological polar surface area (TPSA) is 92.5 Å². The van der Waals surface area contributed by atoms with E-state index in [9.17, 15) is 19.3 Å². The van der Waals surface area contributed by atoms with Crippen molar-refractivity contribution in [2.75, 3.05) is 11.9 Å². The van der Waals surface area contributed by atoms with Crippen LogP contribution in [0.25, 0.3) is 0 Å². The van der Waals surface area contributed by atoms with Crippen LogP contribution in [0.5, 0.6) is 0 Å². The number of nitro benzene ring substituents is 1. The summed E-state index contributed by atoms with van der Waals surface area (Å²) < 4.78 is 13.1. The SMILES string of the molecule is CC(C)C(CNc1cc(F)ccc1[N+](=O)[O-])C(=O)O. The highest BCUT2D eigenvalue weighted by Gasteiger charge is 2.23. The van der Waals surface area contributed by atoms with Crippen molar-refractivity contribution >= 4 is 17.3 Å². The van der Waals surface area contributed by atoms with Crippen molar-refractivity contribution in [1.29, 1.82) is 0 Å². The number of anilines is 1. The number of carboxylic acids is 1. The van der Waals surface area contributed by atoms with E-state index in [-0.39, 0.29) is 23.8 Å². The first-order valence-electron chi connectivity index (χ1n) is 5.73. The fraction of sp³-hybridized carbons (Fsp3) is 0.417. The van der Waals surface area contributed by atoms with Crippen LogP contribution in [-0.4, -0.2) is 22.5 Å². The van der Waals surface area contributed by atoms with Gasteiger partial charge in [-0.3, -0.25) is 14.9 Å². The molecule has 0 aliphatic heterocycles. The lowest BCUT2D eigenvalue weighted by Crippen LogP contribution is -2.27. The summed E-state index contributed by atoms with van der Waals surface area (Å²) in [6.45, 7) is 3.47. The van der Waals surface area contributed by atoms with Crippen LogP contribution in [-0.2, 0) is 4.79 Å². The molecular weight excluding hydrogens is 255 g/mol. The van der Waals surface area contributed by atoms with Crippen LogP contribution >= 0.6 is 0 Å². The Morgan fingerprint density at radius 3 is 2.63 bits per heavy atom. The summed E-state index contributed by atoms with van der Waals surface area (Å²) in [6, 6.07) is 3.01. The third-order valence-electron chi connectivity index (χ3n) is 2.79. The first kappa shape index (κ1) is 14.9. The molecule has 1 aromatic carbocycles. The van der Waals surface area contributed by atoms with Gasteiger partial charge in [-0.1, -0.05) is 13.8 Å². The molecule has 0 heterocycles. The summed E-state index contributed by atoms with van der Waals surface area (Å²) in [5.41, 5.74) is -0.300. The van der Waals surface area contributed by atoms with Gasteiger partial charge in [0.25, 0.3) is 5.69 Å². The predicted octanol–water partition coefficient (Wildman–Crippen LogP) is 2.50. The fourth-order valence-corrected chi connectivity index (χ4v) is 1.64. The Morgan fingerprint density at radius 2 is 2.16 bits per heavy atom. The normalized spacial score (nSPS) is 12.2. The monoisotopic (exact) mass is 270 g/mol. The van der Waals surface area contributed by atoms with E-state index in [0.717, 1.165) is 18.2 Å². The lowest BCUT2D eigenvalue weighted by atomic mass is 9.96. The zero-order chi connectivity index (χ0) is 14.6. The van der Waals surface area contributed by atoms with Crippen LogP contribution in [0.2, 0.25) is 0 Å². The zero-order valence-corrected chi connectivity index (χ0v) is 10.6. The minimum absolute atomic E-state index is 0.00269. The highest BCUT2D eigenvalue weighted by atomic mass is 19.1. The van der Waals surface area contributed by atoms with E-state index in [0.29, 0.717) is 0 Å². The maximum atomic E-state index is 13.1. The van der Waals surface area contributed by atoms with E-state index in [1.54, 1.807) is 13.8 Å². The van der Waals surface area contributed by atoms with Crippen molar-refractivity contribution in [2.24, 2.45) is 11.8 Å². The number of hydrogen-bond donors (Lipinski definition) is 2. The number of halogens is 1. The molecule has 0 radical (unpaired) electrons. The second-order valence-corrected chi connectivity index (χ2v) is 4.49. The van der Waals surface area contributed by atoms with Gasteiger partial charge in [-0.05, 0) is 12.0 Å². The molecule has 0 aromatic heterocycles. The molecule has 0 amide bonds. The fourth-order valence-electron chi connectivity index (χ4n) is 1.64. The molecule has 0 aliphatic rings. The molecule has 0 saturated carbocycles. The molecule has 104 valence electrons. The Hall–Kier alpha value is -2.18. The van der Waals surface area contributed by atoms with Crippen molar-refractivity contribution < 1.29 is 19.2 Å². The first-order valence-corrected chi connectivity index (χ1v) is 5.73. The molecule has 1 rings (SSSR count). The van der Waals surface area contributed by atoms with Gasteiger partial charge in [0.05, 0.1) is 10.8 Å². The standard InChI is InChI=1S/C12H15FN2O4/c1-7(2)9(12(16)17)6-14-10-5-8(13)3-4-11(10)15(18)19/h3-5,7,9,14H,6H2,1-2H3,(H,16,17). The molecule has 0 aliphatic carbocycles. The summed E-state index contributed by atoms with van der Waals surface area (Å²) in [6.07, 6.45) is 0. The van der Waals surface area contributed by atoms with E-state index in [4.69, 9.17) is 5.11 Å². The van der Waals surface area contributed by atoms with Crippen molar-refractivity contribution in [2.45, 2.75) is 13.8 Å². The number of carbonyl (C=O) groups is 1. The van der Waals surface area contributed by atoms with E-state index in [1.807, 2.05) is 0 Å². The Balaban J connectivity index is 2.90. The van der Waals surface area contributed by atoms with Gasteiger partial charge in [0.15, 0.2) is 0 Å². The van der Waals surface area contributed by atoms with Gasteiger partial charge in [-0.15, -0.1) is 0 Å². The number of hydrogen-bond acceptors (Lipinski definition) is 4. The smallest absolute Gasteiger partial charge is 0.308 e. The number of rotatable bonds is 6. The van der Waals surface area contributed by atoms with Crippen molar-refractivity contribution in [3.8, 4) is 0 Å². The van der Waals surface area contributed by atoms with Crippen LogP contribution in [0.3, 0.4) is 0 Å². The average Bonchev–Trinajstić information content (AvgIpc) is 2.27. The molecule has 1 atom stereocenters. The second-order valence-electron chi connectivity index (χ2n) is 4.49. The predicted molar refractivity (Wildman–Crippen MR) is 67.5 cm³/mol. The number of benzene rings is 1. The van der Waals surface area contributed by atoms with E-state index >= 15 is 0 Å². The summed E-state index contributed by atoms with van der Waals surface area (Å²) in [4.78, 5) is 21.1. The molecule has 2 N–H and O–H groups in total. The Bertz CT molecular complexity index is 491. The zero-order valence-electron chi connectivity index (χ0n) is 10.6. The molecule has 1 unspecified atom stereocenters. The second kappa shape index (κ2) is 6.12. The molecular formula is C12H15FN2O4. The van der Waals surface area contributed by atoms with Crippen LogP contribution in [0.1, 0.15) is 13.8 Å². The molecule has 0 saturated heterocycles. The lowest BCUT2D eigenvalue weighted by Gasteiger charge is -2.17. The minimum Gasteiger partial charge on any atom is -0.481 e. The number of nitrogens with zero attached hydrogens (tertiary/aromatic N) is 1. The van der Waals surface area contributed by atoms with Gasteiger partial charge in [0, 0.05) is 18.7 Å². The van der Waals surface area contributed by atoms with E-state index < -0.39 is 22.6 Å². The Morgan fingerprint density at radius 1 is 1.53 bits per heavy atom. The maximum absolute atomic E-state index is 13.1. The molecule has 19 heavy (non-hydrogen) atoms. The number of carboxylic acid groups (broad SMARTS) is 1. The third kappa shape index (κ3) is 3.90. The molecule has 0 spiro atoms. The lowest BCUT2D eigenvalue weighted by molar-refractivity contribution is -0.384. The van der Waals surface area contributed by atoms with Gasteiger partial charge in [-0.25, -0.2) is 4.39 Å². The number of aliphatic carboxylic acids is 1. The maximum Gasteiger partial charge on any atom is 0.308 e. The molecule has 6 nitrogen and oxygen atoms in total. The molecule has 0 fully saturated rings. The highest BCUT2D eigenvalue weighted by Crippen LogP contribution is 2.25. The quantitative estimate of drug-likeness (QED) is 0.612. The van der Waals surface area contributed by atoms with Gasteiger partial charge in [0.2, 0.25) is 0 Å². The van der Waals surface area contributed by atoms with E-state index in [2.05, 4.69) is 5.32 Å². The van der Waals surface area contributed by atoms with Gasteiger partial charge < -0.3 is 10.4 Å². The van der Waals surface area contributed by atoms with Crippen LogP contribution in [0, 0.1) is 27.8 Å². The van der Waals surface area contributed by atoms with Crippen LogP contribution in [0.15, 0.2) is 18.2 Å². The van der Waals surface area contributed by atoms with Crippen molar-refractivity contribution in [1.82, 2.24) is 0 Å². The van der Waals surface area contributed by atoms with Gasteiger partial charge in [-0.2, -0.15) is 0 Å². The van der Waals surface area contributed by atoms with Crippen LogP contribution in [0.4, 0.5) is 15.8 Å².